The quantitative estimate of drug-likeness (QED) is 0.727. The molecule has 0 radical (unpaired) electrons. The Labute approximate surface area is 157 Å². The molecule has 0 saturated heterocycles. The van der Waals surface area contributed by atoms with E-state index in [0.29, 0.717) is 12.0 Å². The van der Waals surface area contributed by atoms with E-state index in [2.05, 4.69) is 0 Å². The number of fused-ring (bicyclic) bond motifs is 1. The molecule has 0 aliphatic heterocycles. The Kier molecular flexibility index (Phi) is 5.50. The van der Waals surface area contributed by atoms with Crippen LogP contribution in [0.1, 0.15) is 22.3 Å². The monoisotopic (exact) mass is 364 g/mol. The van der Waals surface area contributed by atoms with Crippen LogP contribution in [0.15, 0.2) is 66.7 Å². The number of likely N-dealkylation sites (N-methyl/N-ethyl adjacent to an activating group) is 1. The molecule has 0 heterocycles. The summed E-state index contributed by atoms with van der Waals surface area (Å²) in [6.45, 7) is 0. The minimum atomic E-state index is -0.486. The second kappa shape index (κ2) is 7.99. The number of hydrogen-bond donors (Lipinski definition) is 1. The summed E-state index contributed by atoms with van der Waals surface area (Å²) >= 11 is 0. The van der Waals surface area contributed by atoms with Crippen molar-refractivity contribution in [1.82, 2.24) is 4.90 Å². The van der Waals surface area contributed by atoms with Gasteiger partial charge in [-0.1, -0.05) is 48.5 Å². The summed E-state index contributed by atoms with van der Waals surface area (Å²) in [5.41, 5.74) is 6.81. The van der Waals surface area contributed by atoms with Crippen LogP contribution in [0.5, 0.6) is 0 Å². The lowest BCUT2D eigenvalue weighted by atomic mass is 9.99. The van der Waals surface area contributed by atoms with E-state index < -0.39 is 11.9 Å². The third kappa shape index (κ3) is 4.31. The molecule has 2 N–H and O–H groups in total. The Balaban J connectivity index is 1.90. The number of nitrogens with zero attached hydrogens (tertiary/aromatic N) is 1. The highest BCUT2D eigenvalue weighted by Gasteiger charge is 2.24. The van der Waals surface area contributed by atoms with Crippen LogP contribution >= 0.6 is 0 Å². The van der Waals surface area contributed by atoms with E-state index in [1.165, 1.54) is 12.1 Å². The van der Waals surface area contributed by atoms with Gasteiger partial charge in [0.15, 0.2) is 0 Å². The fourth-order valence-electron chi connectivity index (χ4n) is 3.24. The minimum Gasteiger partial charge on any atom is -0.370 e. The van der Waals surface area contributed by atoms with Crippen molar-refractivity contribution < 1.29 is 14.0 Å². The van der Waals surface area contributed by atoms with E-state index in [-0.39, 0.29) is 18.1 Å². The van der Waals surface area contributed by atoms with Crippen LogP contribution in [0.4, 0.5) is 4.39 Å². The van der Waals surface area contributed by atoms with Crippen LogP contribution in [0.3, 0.4) is 0 Å². The lowest BCUT2D eigenvalue weighted by Gasteiger charge is -2.28. The zero-order valence-electron chi connectivity index (χ0n) is 15.1. The number of amides is 2. The maximum absolute atomic E-state index is 13.2. The van der Waals surface area contributed by atoms with Crippen molar-refractivity contribution in [3.8, 4) is 0 Å². The van der Waals surface area contributed by atoms with Crippen molar-refractivity contribution in [2.45, 2.75) is 18.9 Å². The molecule has 3 aromatic carbocycles. The van der Waals surface area contributed by atoms with Crippen LogP contribution in [0.2, 0.25) is 0 Å². The lowest BCUT2D eigenvalue weighted by molar-refractivity contribution is -0.118. The third-order valence-electron chi connectivity index (χ3n) is 4.71. The highest BCUT2D eigenvalue weighted by molar-refractivity contribution is 6.07. The van der Waals surface area contributed by atoms with Gasteiger partial charge in [-0.3, -0.25) is 9.59 Å². The van der Waals surface area contributed by atoms with E-state index in [0.717, 1.165) is 16.3 Å². The largest absolute Gasteiger partial charge is 0.370 e. The molecule has 0 aliphatic rings. The number of benzene rings is 3. The van der Waals surface area contributed by atoms with Gasteiger partial charge in [-0.15, -0.1) is 0 Å². The first kappa shape index (κ1) is 18.6. The number of hydrogen-bond acceptors (Lipinski definition) is 2. The molecule has 2 amide bonds. The second-order valence-electron chi connectivity index (χ2n) is 6.60. The lowest BCUT2D eigenvalue weighted by Crippen LogP contribution is -2.41. The fourth-order valence-corrected chi connectivity index (χ4v) is 3.24. The van der Waals surface area contributed by atoms with E-state index in [9.17, 15) is 14.0 Å². The van der Waals surface area contributed by atoms with Crippen molar-refractivity contribution in [2.24, 2.45) is 5.73 Å². The maximum Gasteiger partial charge on any atom is 0.254 e. The molecule has 1 atom stereocenters. The number of carbonyl (C=O) groups excluding carboxylic acids is 2. The predicted molar refractivity (Wildman–Crippen MR) is 104 cm³/mol. The van der Waals surface area contributed by atoms with Crippen LogP contribution < -0.4 is 5.73 Å². The summed E-state index contributed by atoms with van der Waals surface area (Å²) in [5, 5.41) is 1.83. The van der Waals surface area contributed by atoms with Gasteiger partial charge in [0.2, 0.25) is 5.91 Å². The molecule has 0 aliphatic carbocycles. The van der Waals surface area contributed by atoms with E-state index >= 15 is 0 Å². The van der Waals surface area contributed by atoms with Crippen molar-refractivity contribution >= 4 is 22.6 Å². The Hall–Kier alpha value is -3.21. The van der Waals surface area contributed by atoms with Gasteiger partial charge in [-0.25, -0.2) is 4.39 Å². The van der Waals surface area contributed by atoms with Gasteiger partial charge in [0.05, 0.1) is 0 Å². The van der Waals surface area contributed by atoms with Gasteiger partial charge in [0, 0.05) is 25.1 Å². The van der Waals surface area contributed by atoms with Gasteiger partial charge in [-0.05, 0) is 41.0 Å². The first-order valence-electron chi connectivity index (χ1n) is 8.73. The molecule has 0 unspecified atom stereocenters. The number of nitrogens with two attached hydrogens (primary N) is 1. The zero-order chi connectivity index (χ0) is 19.4. The van der Waals surface area contributed by atoms with Gasteiger partial charge in [-0.2, -0.15) is 0 Å². The van der Waals surface area contributed by atoms with E-state index in [1.54, 1.807) is 30.1 Å². The van der Waals surface area contributed by atoms with E-state index in [4.69, 9.17) is 5.73 Å². The summed E-state index contributed by atoms with van der Waals surface area (Å²) in [4.78, 5) is 26.2. The molecule has 0 spiro atoms. The maximum atomic E-state index is 13.2. The third-order valence-corrected chi connectivity index (χ3v) is 4.71. The molecule has 0 fully saturated rings. The van der Waals surface area contributed by atoms with Gasteiger partial charge < -0.3 is 10.6 Å². The van der Waals surface area contributed by atoms with Gasteiger partial charge >= 0.3 is 0 Å². The summed E-state index contributed by atoms with van der Waals surface area (Å²) < 4.78 is 13.2. The van der Waals surface area contributed by atoms with Crippen LogP contribution in [0.25, 0.3) is 10.8 Å². The van der Waals surface area contributed by atoms with Gasteiger partial charge in [0.1, 0.15) is 5.82 Å². The molecule has 0 saturated carbocycles. The van der Waals surface area contributed by atoms with Crippen molar-refractivity contribution in [3.05, 3.63) is 83.7 Å². The van der Waals surface area contributed by atoms with Gasteiger partial charge in [0.25, 0.3) is 5.91 Å². The highest BCUT2D eigenvalue weighted by atomic mass is 19.1. The Morgan fingerprint density at radius 2 is 1.67 bits per heavy atom. The van der Waals surface area contributed by atoms with Crippen molar-refractivity contribution in [2.75, 3.05) is 7.05 Å². The molecule has 0 bridgehead atoms. The first-order valence-corrected chi connectivity index (χ1v) is 8.73. The fraction of sp³-hybridized carbons (Fsp3) is 0.182. The Morgan fingerprint density at radius 1 is 1.00 bits per heavy atom. The number of halogens is 1. The number of carbonyl (C=O) groups is 2. The normalized spacial score (nSPS) is 11.9. The average Bonchev–Trinajstić information content (AvgIpc) is 2.67. The highest BCUT2D eigenvalue weighted by Crippen LogP contribution is 2.22. The second-order valence-corrected chi connectivity index (χ2v) is 6.60. The van der Waals surface area contributed by atoms with Crippen molar-refractivity contribution in [3.63, 3.8) is 0 Å². The molecule has 27 heavy (non-hydrogen) atoms. The zero-order valence-corrected chi connectivity index (χ0v) is 15.1. The van der Waals surface area contributed by atoms with Crippen LogP contribution in [0, 0.1) is 5.82 Å². The summed E-state index contributed by atoms with van der Waals surface area (Å²) in [6, 6.07) is 18.8. The van der Waals surface area contributed by atoms with Crippen LogP contribution in [-0.4, -0.2) is 29.8 Å². The van der Waals surface area contributed by atoms with E-state index in [1.807, 2.05) is 36.4 Å². The molecular formula is C22H21FN2O2. The minimum absolute atomic E-state index is 0.0321. The summed E-state index contributed by atoms with van der Waals surface area (Å²) in [5.74, 6) is -0.995. The van der Waals surface area contributed by atoms with Crippen molar-refractivity contribution in [1.29, 1.82) is 0 Å². The molecular weight excluding hydrogens is 343 g/mol. The SMILES string of the molecule is CN(C(=O)c1cccc2ccccc12)[C@H](CC(N)=O)Cc1ccc(F)cc1. The smallest absolute Gasteiger partial charge is 0.254 e. The average molecular weight is 364 g/mol. The topological polar surface area (TPSA) is 63.4 Å². The predicted octanol–water partition coefficient (Wildman–Crippen LogP) is 3.54. The Morgan fingerprint density at radius 3 is 2.37 bits per heavy atom. The molecule has 138 valence electrons. The molecule has 3 rings (SSSR count). The number of rotatable bonds is 6. The number of primary amides is 1. The first-order chi connectivity index (χ1) is 13.0. The molecule has 0 aromatic heterocycles. The molecule has 4 nitrogen and oxygen atoms in total. The van der Waals surface area contributed by atoms with Crippen LogP contribution in [-0.2, 0) is 11.2 Å². The summed E-state index contributed by atoms with van der Waals surface area (Å²) in [6.07, 6.45) is 0.445. The Bertz CT molecular complexity index is 964. The molecule has 3 aromatic rings. The molecule has 5 heteroatoms. The summed E-state index contributed by atoms with van der Waals surface area (Å²) in [7, 11) is 1.67. The standard InChI is InChI=1S/C22H21FN2O2/c1-25(18(14-21(24)26)13-15-9-11-17(23)12-10-15)22(27)20-8-4-6-16-5-2-3-7-19(16)20/h2-12,18H,13-14H2,1H3,(H2,24,26)/t18-/m0/s1.